The minimum absolute atomic E-state index is 0.0938. The lowest BCUT2D eigenvalue weighted by molar-refractivity contribution is -0.216. The van der Waals surface area contributed by atoms with Gasteiger partial charge in [0.25, 0.3) is 0 Å². The first kappa shape index (κ1) is 7.85. The highest BCUT2D eigenvalue weighted by Gasteiger charge is 2.53. The second-order valence-electron chi connectivity index (χ2n) is 2.86. The second-order valence-corrected chi connectivity index (χ2v) is 2.86. The number of ether oxygens (including phenoxy) is 1. The van der Waals surface area contributed by atoms with Crippen molar-refractivity contribution in [2.75, 3.05) is 13.2 Å². The van der Waals surface area contributed by atoms with Gasteiger partial charge < -0.3 is 4.74 Å². The van der Waals surface area contributed by atoms with Crippen LogP contribution in [-0.2, 0) is 4.74 Å². The number of hydrogen-bond acceptors (Lipinski definition) is 1. The summed E-state index contributed by atoms with van der Waals surface area (Å²) in [6, 6.07) is 0. The molecule has 1 rings (SSSR count). The average Bonchev–Trinajstić information content (AvgIpc) is 2.13. The summed E-state index contributed by atoms with van der Waals surface area (Å²) in [6.45, 7) is 1.24. The molecule has 0 bridgehead atoms. The maximum Gasteiger partial charge on any atom is 0.396 e. The van der Waals surface area contributed by atoms with Gasteiger partial charge in [-0.05, 0) is 13.3 Å². The second kappa shape index (κ2) is 2.12. The first-order valence-electron chi connectivity index (χ1n) is 3.10. The van der Waals surface area contributed by atoms with Gasteiger partial charge in [-0.25, -0.2) is 0 Å². The van der Waals surface area contributed by atoms with Crippen molar-refractivity contribution in [3.05, 3.63) is 0 Å². The molecule has 4 heteroatoms. The normalized spacial score (nSPS) is 34.8. The number of rotatable bonds is 0. The molecule has 1 atom stereocenters. The van der Waals surface area contributed by atoms with Crippen molar-refractivity contribution in [2.24, 2.45) is 5.41 Å². The van der Waals surface area contributed by atoms with Crippen molar-refractivity contribution in [2.45, 2.75) is 19.5 Å². The molecular formula is C6H9F3O. The van der Waals surface area contributed by atoms with Crippen LogP contribution < -0.4 is 0 Å². The van der Waals surface area contributed by atoms with Crippen LogP contribution in [-0.4, -0.2) is 19.4 Å². The molecule has 0 radical (unpaired) electrons. The molecule has 0 aliphatic carbocycles. The van der Waals surface area contributed by atoms with E-state index in [1.54, 1.807) is 0 Å². The predicted molar refractivity (Wildman–Crippen MR) is 29.6 cm³/mol. The number of halogens is 3. The van der Waals surface area contributed by atoms with Gasteiger partial charge in [-0.15, -0.1) is 0 Å². The Kier molecular flexibility index (Phi) is 1.66. The molecule has 0 saturated carbocycles. The Bertz CT molecular complexity index is 123. The van der Waals surface area contributed by atoms with E-state index in [1.165, 1.54) is 6.92 Å². The van der Waals surface area contributed by atoms with Crippen molar-refractivity contribution in [1.29, 1.82) is 0 Å². The van der Waals surface area contributed by atoms with Crippen molar-refractivity contribution in [3.63, 3.8) is 0 Å². The van der Waals surface area contributed by atoms with Crippen molar-refractivity contribution in [3.8, 4) is 0 Å². The van der Waals surface area contributed by atoms with Crippen LogP contribution >= 0.6 is 0 Å². The Balaban J connectivity index is 2.67. The molecule has 1 aliphatic rings. The van der Waals surface area contributed by atoms with Gasteiger partial charge in [0, 0.05) is 6.61 Å². The van der Waals surface area contributed by atoms with E-state index in [1.807, 2.05) is 0 Å². The van der Waals surface area contributed by atoms with E-state index in [9.17, 15) is 13.2 Å². The van der Waals surface area contributed by atoms with Crippen LogP contribution in [0, 0.1) is 5.41 Å². The molecule has 1 nitrogen and oxygen atoms in total. The summed E-state index contributed by atoms with van der Waals surface area (Å²) >= 11 is 0. The zero-order chi connectivity index (χ0) is 7.83. The van der Waals surface area contributed by atoms with E-state index in [0.717, 1.165) is 0 Å². The molecule has 0 N–H and O–H groups in total. The van der Waals surface area contributed by atoms with Crippen LogP contribution in [0.1, 0.15) is 13.3 Å². The molecule has 0 aromatic carbocycles. The van der Waals surface area contributed by atoms with E-state index in [4.69, 9.17) is 0 Å². The molecule has 0 unspecified atom stereocenters. The minimum atomic E-state index is -4.11. The van der Waals surface area contributed by atoms with Crippen LogP contribution in [0.4, 0.5) is 13.2 Å². The number of alkyl halides is 3. The topological polar surface area (TPSA) is 9.23 Å². The molecule has 60 valence electrons. The third-order valence-electron chi connectivity index (χ3n) is 1.90. The Labute approximate surface area is 57.2 Å². The highest BCUT2D eigenvalue weighted by Crippen LogP contribution is 2.43. The Hall–Kier alpha value is -0.250. The van der Waals surface area contributed by atoms with E-state index >= 15 is 0 Å². The highest BCUT2D eigenvalue weighted by molar-refractivity contribution is 4.85. The highest BCUT2D eigenvalue weighted by atomic mass is 19.4. The molecule has 1 saturated heterocycles. The smallest absolute Gasteiger partial charge is 0.381 e. The average molecular weight is 154 g/mol. The molecule has 0 aromatic rings. The fourth-order valence-corrected chi connectivity index (χ4v) is 0.891. The monoisotopic (exact) mass is 154 g/mol. The van der Waals surface area contributed by atoms with Crippen LogP contribution in [0.15, 0.2) is 0 Å². The molecule has 0 amide bonds. The van der Waals surface area contributed by atoms with E-state index in [-0.39, 0.29) is 19.6 Å². The summed E-state index contributed by atoms with van der Waals surface area (Å²) in [7, 11) is 0. The Morgan fingerprint density at radius 3 is 2.20 bits per heavy atom. The Morgan fingerprint density at radius 1 is 1.40 bits per heavy atom. The molecule has 0 aromatic heterocycles. The minimum Gasteiger partial charge on any atom is -0.381 e. The van der Waals surface area contributed by atoms with Crippen LogP contribution in [0.25, 0.3) is 0 Å². The predicted octanol–water partition coefficient (Wildman–Crippen LogP) is 1.98. The van der Waals surface area contributed by atoms with Gasteiger partial charge >= 0.3 is 6.18 Å². The largest absolute Gasteiger partial charge is 0.396 e. The summed E-state index contributed by atoms with van der Waals surface area (Å²) in [6.07, 6.45) is -4.01. The molecule has 10 heavy (non-hydrogen) atoms. The first-order chi connectivity index (χ1) is 4.46. The lowest BCUT2D eigenvalue weighted by Gasteiger charge is -2.24. The third kappa shape index (κ3) is 1.12. The van der Waals surface area contributed by atoms with Gasteiger partial charge in [-0.3, -0.25) is 0 Å². The molecule has 0 spiro atoms. The molecule has 1 heterocycles. The van der Waals surface area contributed by atoms with Crippen molar-refractivity contribution >= 4 is 0 Å². The standard InChI is InChI=1S/C6H9F3O/c1-5(6(7,8)9)2-3-10-4-5/h2-4H2,1H3/t5-/m0/s1. The fourth-order valence-electron chi connectivity index (χ4n) is 0.891. The summed E-state index contributed by atoms with van der Waals surface area (Å²) in [5.41, 5.74) is -1.59. The Morgan fingerprint density at radius 2 is 2.00 bits per heavy atom. The van der Waals surface area contributed by atoms with Gasteiger partial charge in [0.1, 0.15) is 0 Å². The maximum absolute atomic E-state index is 12.1. The van der Waals surface area contributed by atoms with Crippen molar-refractivity contribution in [1.82, 2.24) is 0 Å². The zero-order valence-electron chi connectivity index (χ0n) is 5.66. The molecular weight excluding hydrogens is 145 g/mol. The molecule has 1 fully saturated rings. The van der Waals surface area contributed by atoms with Gasteiger partial charge in [0.05, 0.1) is 12.0 Å². The first-order valence-corrected chi connectivity index (χ1v) is 3.10. The maximum atomic E-state index is 12.1. The van der Waals surface area contributed by atoms with Gasteiger partial charge in [0.15, 0.2) is 0 Å². The van der Waals surface area contributed by atoms with Gasteiger partial charge in [-0.1, -0.05) is 0 Å². The van der Waals surface area contributed by atoms with Crippen LogP contribution in [0.2, 0.25) is 0 Å². The number of hydrogen-bond donors (Lipinski definition) is 0. The van der Waals surface area contributed by atoms with E-state index < -0.39 is 11.6 Å². The summed E-state index contributed by atoms with van der Waals surface area (Å²) < 4.78 is 40.9. The van der Waals surface area contributed by atoms with Crippen LogP contribution in [0.5, 0.6) is 0 Å². The van der Waals surface area contributed by atoms with Gasteiger partial charge in [-0.2, -0.15) is 13.2 Å². The van der Waals surface area contributed by atoms with E-state index in [0.29, 0.717) is 0 Å². The zero-order valence-corrected chi connectivity index (χ0v) is 5.66. The summed E-state index contributed by atoms with van der Waals surface area (Å²) in [4.78, 5) is 0. The quantitative estimate of drug-likeness (QED) is 0.518. The van der Waals surface area contributed by atoms with Crippen molar-refractivity contribution < 1.29 is 17.9 Å². The molecule has 1 aliphatic heterocycles. The van der Waals surface area contributed by atoms with Gasteiger partial charge in [0.2, 0.25) is 0 Å². The lowest BCUT2D eigenvalue weighted by atomic mass is 9.89. The SMILES string of the molecule is C[C@]1(C(F)(F)F)CCOC1. The van der Waals surface area contributed by atoms with Crippen LogP contribution in [0.3, 0.4) is 0 Å². The summed E-state index contributed by atoms with van der Waals surface area (Å²) in [5.74, 6) is 0. The summed E-state index contributed by atoms with van der Waals surface area (Å²) in [5, 5.41) is 0. The fraction of sp³-hybridized carbons (Fsp3) is 1.00. The third-order valence-corrected chi connectivity index (χ3v) is 1.90. The lowest BCUT2D eigenvalue weighted by Crippen LogP contribution is -2.35. The van der Waals surface area contributed by atoms with E-state index in [2.05, 4.69) is 4.74 Å².